The van der Waals surface area contributed by atoms with E-state index in [1.165, 1.54) is 0 Å². The molecule has 0 saturated carbocycles. The molecule has 0 aliphatic rings. The maximum Gasteiger partial charge on any atom is 0.707 e. The summed E-state index contributed by atoms with van der Waals surface area (Å²) in [7, 11) is -7.14. The fourth-order valence-electron chi connectivity index (χ4n) is 6.01. The molecule has 321 valence electrons. The third kappa shape index (κ3) is 18.9. The Labute approximate surface area is 401 Å². The molecule has 65 heavy (non-hydrogen) atoms. The van der Waals surface area contributed by atoms with Gasteiger partial charge in [-0.2, -0.15) is 0 Å². The minimum absolute atomic E-state index is 0. The van der Waals surface area contributed by atoms with Crippen molar-refractivity contribution in [2.45, 2.75) is 0 Å². The van der Waals surface area contributed by atoms with E-state index in [4.69, 9.17) is 58.8 Å². The molecule has 8 N–H and O–H groups in total. The minimum atomic E-state index is -1.79. The predicted octanol–water partition coefficient (Wildman–Crippen LogP) is 6.43. The Hall–Kier alpha value is -6.10. The van der Waals surface area contributed by atoms with E-state index < -0.39 is 29.3 Å². The Balaban J connectivity index is 0.000000189. The molecule has 12 nitrogen and oxygen atoms in total. The summed E-state index contributed by atoms with van der Waals surface area (Å²) >= 11 is 0. The van der Waals surface area contributed by atoms with Gasteiger partial charge < -0.3 is 58.8 Å². The van der Waals surface area contributed by atoms with Crippen LogP contribution in [0.2, 0.25) is 0 Å². The molecule has 0 aromatic heterocycles. The van der Waals surface area contributed by atoms with Crippen molar-refractivity contribution in [3.63, 3.8) is 0 Å². The van der Waals surface area contributed by atoms with Gasteiger partial charge in [-0.3, -0.25) is 0 Å². The van der Waals surface area contributed by atoms with Crippen LogP contribution in [0.5, 0.6) is 23.0 Å². The first-order valence-corrected chi connectivity index (χ1v) is 19.8. The first-order valence-electron chi connectivity index (χ1n) is 19.8. The molecular formula is C48H44B4NaO12. The van der Waals surface area contributed by atoms with Crippen molar-refractivity contribution in [2.75, 3.05) is 0 Å². The molecule has 8 aromatic carbocycles. The normalized spacial score (nSPS) is 9.72. The Morgan fingerprint density at radius 3 is 0.554 bits per heavy atom. The van der Waals surface area contributed by atoms with Crippen molar-refractivity contribution >= 4 is 58.8 Å². The summed E-state index contributed by atoms with van der Waals surface area (Å²) in [6, 6.07) is 67.9. The van der Waals surface area contributed by atoms with Gasteiger partial charge in [-0.15, -0.1) is 0 Å². The summed E-state index contributed by atoms with van der Waals surface area (Å²) < 4.78 is 19.1. The molecule has 0 amide bonds. The molecule has 0 spiro atoms. The Morgan fingerprint density at radius 2 is 0.385 bits per heavy atom. The van der Waals surface area contributed by atoms with Crippen molar-refractivity contribution < 1.29 is 58.8 Å². The molecule has 0 aliphatic heterocycles. The van der Waals surface area contributed by atoms with Crippen molar-refractivity contribution in [2.24, 2.45) is 0 Å². The van der Waals surface area contributed by atoms with Gasteiger partial charge in [-0.05, 0) is 93.0 Å². The Morgan fingerprint density at radius 1 is 0.215 bits per heavy atom. The van der Waals surface area contributed by atoms with Gasteiger partial charge >= 0.3 is 29.3 Å². The van der Waals surface area contributed by atoms with E-state index in [9.17, 15) is 0 Å². The van der Waals surface area contributed by atoms with Crippen LogP contribution in [0.1, 0.15) is 0 Å². The van der Waals surface area contributed by atoms with E-state index in [1.807, 2.05) is 146 Å². The monoisotopic (exact) mass is 879 g/mol. The number of hydrogen-bond donors (Lipinski definition) is 8. The van der Waals surface area contributed by atoms with Gasteiger partial charge in [0.15, 0.2) is 0 Å². The molecule has 0 bridgehead atoms. The Bertz CT molecular complexity index is 2190. The zero-order valence-electron chi connectivity index (χ0n) is 35.3. The predicted molar refractivity (Wildman–Crippen MR) is 257 cm³/mol. The quantitative estimate of drug-likeness (QED) is 0.0628. The average Bonchev–Trinajstić information content (AvgIpc) is 3.30. The van der Waals surface area contributed by atoms with Crippen LogP contribution < -0.4 is 18.6 Å². The maximum atomic E-state index is 8.70. The molecule has 0 aliphatic carbocycles. The van der Waals surface area contributed by atoms with E-state index in [0.717, 1.165) is 44.5 Å². The van der Waals surface area contributed by atoms with E-state index in [1.54, 1.807) is 72.8 Å². The zero-order chi connectivity index (χ0) is 45.5. The van der Waals surface area contributed by atoms with Crippen LogP contribution in [-0.2, 0) is 0 Å². The van der Waals surface area contributed by atoms with Crippen LogP contribution in [0.15, 0.2) is 218 Å². The second kappa shape index (κ2) is 27.9. The third-order valence-electron chi connectivity index (χ3n) is 8.73. The van der Waals surface area contributed by atoms with Gasteiger partial charge in [0, 0.05) is 29.6 Å². The number of rotatable bonds is 12. The third-order valence-corrected chi connectivity index (χ3v) is 8.73. The van der Waals surface area contributed by atoms with Crippen LogP contribution in [0.3, 0.4) is 0 Å². The maximum absolute atomic E-state index is 8.70. The van der Waals surface area contributed by atoms with Crippen molar-refractivity contribution in [1.82, 2.24) is 0 Å². The molecule has 0 fully saturated rings. The van der Waals surface area contributed by atoms with Crippen LogP contribution in [0, 0.1) is 0 Å². The molecule has 1 radical (unpaired) electrons. The second-order valence-electron chi connectivity index (χ2n) is 13.4. The second-order valence-corrected chi connectivity index (χ2v) is 13.4. The van der Waals surface area contributed by atoms with Crippen LogP contribution >= 0.6 is 0 Å². The summed E-state index contributed by atoms with van der Waals surface area (Å²) in [6.07, 6.45) is 0. The van der Waals surface area contributed by atoms with Crippen LogP contribution in [0.25, 0.3) is 44.5 Å². The van der Waals surface area contributed by atoms with Gasteiger partial charge in [0.05, 0.1) is 0 Å². The molecular weight excluding hydrogens is 835 g/mol. The van der Waals surface area contributed by atoms with E-state index >= 15 is 0 Å². The topological polar surface area (TPSA) is 199 Å². The standard InChI is InChI=1S/4C12H11BO3.Na/c4*14-13(15)16-12-8-4-7-11(9-12)10-5-2-1-3-6-10;/h4*1-9,14-15H;. The molecule has 8 rings (SSSR count). The van der Waals surface area contributed by atoms with Gasteiger partial charge in [-0.1, -0.05) is 170 Å². The fraction of sp³-hybridized carbons (Fsp3) is 0. The van der Waals surface area contributed by atoms with Crippen LogP contribution in [-0.4, -0.2) is 99.0 Å². The summed E-state index contributed by atoms with van der Waals surface area (Å²) in [5, 5.41) is 69.6. The van der Waals surface area contributed by atoms with Gasteiger partial charge in [-0.25, -0.2) is 0 Å². The summed E-state index contributed by atoms with van der Waals surface area (Å²) in [6.45, 7) is 0. The molecule has 0 atom stereocenters. The fourth-order valence-corrected chi connectivity index (χ4v) is 6.01. The number of hydrogen-bond acceptors (Lipinski definition) is 12. The average molecular weight is 879 g/mol. The van der Waals surface area contributed by atoms with Gasteiger partial charge in [0.2, 0.25) is 0 Å². The largest absolute Gasteiger partial charge is 0.707 e. The SMILES string of the molecule is OB(O)Oc1cccc(-c2ccccc2)c1.OB(O)Oc1cccc(-c2ccccc2)c1.OB(O)Oc1cccc(-c2ccccc2)c1.OB(O)Oc1cccc(-c2ccccc2)c1.[Na]. The van der Waals surface area contributed by atoms with E-state index in [-0.39, 0.29) is 29.6 Å². The van der Waals surface area contributed by atoms with Crippen molar-refractivity contribution in [3.8, 4) is 67.5 Å². The summed E-state index contributed by atoms with van der Waals surface area (Å²) in [5.74, 6) is 1.71. The molecule has 8 aromatic rings. The smallest absolute Gasteiger partial charge is 0.512 e. The summed E-state index contributed by atoms with van der Waals surface area (Å²) in [5.41, 5.74) is 8.11. The molecule has 0 heterocycles. The van der Waals surface area contributed by atoms with Gasteiger partial charge in [0.25, 0.3) is 0 Å². The van der Waals surface area contributed by atoms with E-state index in [2.05, 4.69) is 0 Å². The zero-order valence-corrected chi connectivity index (χ0v) is 37.3. The van der Waals surface area contributed by atoms with Gasteiger partial charge in [0.1, 0.15) is 23.0 Å². The first-order chi connectivity index (χ1) is 31.0. The first kappa shape index (κ1) is 51.5. The van der Waals surface area contributed by atoms with E-state index in [0.29, 0.717) is 23.0 Å². The summed E-state index contributed by atoms with van der Waals surface area (Å²) in [4.78, 5) is 0. The number of benzene rings is 8. The Kier molecular flexibility index (Phi) is 22.2. The van der Waals surface area contributed by atoms with Crippen molar-refractivity contribution in [1.29, 1.82) is 0 Å². The van der Waals surface area contributed by atoms with Crippen LogP contribution in [0.4, 0.5) is 0 Å². The minimum Gasteiger partial charge on any atom is -0.512 e. The van der Waals surface area contributed by atoms with Crippen molar-refractivity contribution in [3.05, 3.63) is 218 Å². The molecule has 0 unspecified atom stereocenters. The molecule has 0 saturated heterocycles. The molecule has 17 heteroatoms.